The summed E-state index contributed by atoms with van der Waals surface area (Å²) in [5.41, 5.74) is 2.89. The van der Waals surface area contributed by atoms with Gasteiger partial charge in [0.05, 0.1) is 33.4 Å². The lowest BCUT2D eigenvalue weighted by atomic mass is 9.95. The molecular weight excluding hydrogens is 532 g/mol. The van der Waals surface area contributed by atoms with Gasteiger partial charge in [-0.3, -0.25) is 19.5 Å². The fourth-order valence-electron chi connectivity index (χ4n) is 4.52. The summed E-state index contributed by atoms with van der Waals surface area (Å²) in [7, 11) is 3.88. The molecule has 0 saturated heterocycles. The summed E-state index contributed by atoms with van der Waals surface area (Å²) in [6, 6.07) is 16.5. The Morgan fingerprint density at radius 1 is 1.15 bits per heavy atom. The largest absolute Gasteiger partial charge is 0.463 e. The number of nitro groups is 1. The summed E-state index contributed by atoms with van der Waals surface area (Å²) < 4.78 is 13.2. The average Bonchev–Trinajstić information content (AvgIpc) is 3.52. The highest BCUT2D eigenvalue weighted by molar-refractivity contribution is 7.07. The second-order valence-corrected chi connectivity index (χ2v) is 10.3. The molecule has 0 amide bonds. The number of furan rings is 1. The zero-order valence-electron chi connectivity index (χ0n) is 22.3. The van der Waals surface area contributed by atoms with Crippen LogP contribution >= 0.6 is 11.3 Å². The van der Waals surface area contributed by atoms with Crippen molar-refractivity contribution in [2.75, 3.05) is 25.6 Å². The number of hydrogen-bond acceptors (Lipinski definition) is 9. The molecule has 0 bridgehead atoms. The van der Waals surface area contributed by atoms with Gasteiger partial charge in [-0.15, -0.1) is 0 Å². The quantitative estimate of drug-likeness (QED) is 0.191. The second kappa shape index (κ2) is 10.8. The van der Waals surface area contributed by atoms with E-state index in [4.69, 9.17) is 9.15 Å². The van der Waals surface area contributed by atoms with Crippen molar-refractivity contribution in [3.8, 4) is 11.3 Å². The van der Waals surface area contributed by atoms with Crippen molar-refractivity contribution in [1.29, 1.82) is 0 Å². The van der Waals surface area contributed by atoms with Crippen LogP contribution in [-0.4, -0.2) is 36.2 Å². The number of anilines is 1. The second-order valence-electron chi connectivity index (χ2n) is 9.29. The van der Waals surface area contributed by atoms with Gasteiger partial charge in [0.25, 0.3) is 11.2 Å². The number of nitro benzene ring substituents is 1. The first-order chi connectivity index (χ1) is 19.2. The number of carbonyl (C=O) groups is 1. The van der Waals surface area contributed by atoms with Crippen LogP contribution in [0.15, 0.2) is 86.1 Å². The van der Waals surface area contributed by atoms with E-state index in [-0.39, 0.29) is 17.9 Å². The molecule has 3 heterocycles. The summed E-state index contributed by atoms with van der Waals surface area (Å²) in [4.78, 5) is 44.4. The minimum absolute atomic E-state index is 0.0139. The Morgan fingerprint density at radius 2 is 1.85 bits per heavy atom. The van der Waals surface area contributed by atoms with E-state index in [1.165, 1.54) is 28.0 Å². The van der Waals surface area contributed by atoms with Crippen LogP contribution < -0.4 is 19.8 Å². The molecule has 5 rings (SSSR count). The van der Waals surface area contributed by atoms with E-state index in [2.05, 4.69) is 4.99 Å². The predicted molar refractivity (Wildman–Crippen MR) is 152 cm³/mol. The zero-order chi connectivity index (χ0) is 28.6. The Labute approximate surface area is 232 Å². The van der Waals surface area contributed by atoms with Gasteiger partial charge in [-0.05, 0) is 55.8 Å². The van der Waals surface area contributed by atoms with E-state index in [0.717, 1.165) is 11.3 Å². The number of rotatable bonds is 7. The molecule has 11 heteroatoms. The molecule has 4 aromatic rings. The number of benzene rings is 2. The molecule has 0 spiro atoms. The molecule has 1 aliphatic heterocycles. The number of ether oxygens (including phenoxy) is 1. The van der Waals surface area contributed by atoms with Gasteiger partial charge in [0.2, 0.25) is 0 Å². The van der Waals surface area contributed by atoms with Crippen molar-refractivity contribution >= 4 is 34.8 Å². The Kier molecular flexibility index (Phi) is 7.22. The van der Waals surface area contributed by atoms with Gasteiger partial charge in [-0.25, -0.2) is 9.79 Å². The first-order valence-corrected chi connectivity index (χ1v) is 13.3. The molecule has 0 fully saturated rings. The van der Waals surface area contributed by atoms with E-state index < -0.39 is 16.9 Å². The zero-order valence-corrected chi connectivity index (χ0v) is 23.1. The van der Waals surface area contributed by atoms with Gasteiger partial charge in [0.1, 0.15) is 11.5 Å². The Morgan fingerprint density at radius 3 is 2.48 bits per heavy atom. The maximum Gasteiger partial charge on any atom is 0.338 e. The van der Waals surface area contributed by atoms with Crippen molar-refractivity contribution in [3.05, 3.63) is 113 Å². The fourth-order valence-corrected chi connectivity index (χ4v) is 5.55. The molecule has 1 aliphatic rings. The van der Waals surface area contributed by atoms with Gasteiger partial charge < -0.3 is 14.1 Å². The highest BCUT2D eigenvalue weighted by Gasteiger charge is 2.33. The molecular formula is C29H26N4O6S. The lowest BCUT2D eigenvalue weighted by Crippen LogP contribution is -2.39. The third-order valence-corrected chi connectivity index (χ3v) is 7.49. The highest BCUT2D eigenvalue weighted by atomic mass is 32.1. The number of thiazole rings is 1. The Balaban J connectivity index is 1.59. The molecule has 10 nitrogen and oxygen atoms in total. The predicted octanol–water partition coefficient (Wildman–Crippen LogP) is 4.03. The van der Waals surface area contributed by atoms with Crippen LogP contribution in [0.25, 0.3) is 17.4 Å². The number of non-ortho nitro benzene ring substituents is 1. The first-order valence-electron chi connectivity index (χ1n) is 12.5. The number of fused-ring (bicyclic) bond motifs is 1. The Bertz CT molecular complexity index is 1810. The van der Waals surface area contributed by atoms with Crippen LogP contribution in [0.4, 0.5) is 11.4 Å². The minimum Gasteiger partial charge on any atom is -0.463 e. The van der Waals surface area contributed by atoms with Gasteiger partial charge in [0, 0.05) is 43.6 Å². The van der Waals surface area contributed by atoms with Crippen LogP contribution in [0, 0.1) is 10.1 Å². The molecule has 2 aromatic carbocycles. The van der Waals surface area contributed by atoms with E-state index in [1.807, 2.05) is 43.3 Å². The van der Waals surface area contributed by atoms with Crippen LogP contribution in [0.3, 0.4) is 0 Å². The summed E-state index contributed by atoms with van der Waals surface area (Å²) in [5, 5.41) is 10.9. The summed E-state index contributed by atoms with van der Waals surface area (Å²) >= 11 is 1.20. The summed E-state index contributed by atoms with van der Waals surface area (Å²) in [6.45, 7) is 3.67. The normalized spacial score (nSPS) is 15.0. The van der Waals surface area contributed by atoms with E-state index >= 15 is 0 Å². The van der Waals surface area contributed by atoms with Crippen molar-refractivity contribution in [2.45, 2.75) is 19.9 Å². The third-order valence-electron chi connectivity index (χ3n) is 6.51. The fraction of sp³-hybridized carbons (Fsp3) is 0.207. The van der Waals surface area contributed by atoms with Crippen molar-refractivity contribution < 1.29 is 18.9 Å². The third kappa shape index (κ3) is 4.98. The van der Waals surface area contributed by atoms with Gasteiger partial charge in [-0.2, -0.15) is 0 Å². The SMILES string of the molecule is CCOC(=O)C1=C(C)N=c2s/c(=C\c3ccc(-c4ccc([N+](=O)[O-])cc4)o3)c(=O)n2[C@H]1c1ccc(N(C)C)cc1. The maximum atomic E-state index is 13.8. The Hall–Kier alpha value is -4.77. The topological polar surface area (TPSA) is 120 Å². The number of aromatic nitrogens is 1. The number of nitrogens with zero attached hydrogens (tertiary/aromatic N) is 4. The molecule has 2 aromatic heterocycles. The highest BCUT2D eigenvalue weighted by Crippen LogP contribution is 2.32. The lowest BCUT2D eigenvalue weighted by molar-refractivity contribution is -0.384. The maximum absolute atomic E-state index is 13.8. The minimum atomic E-state index is -0.707. The molecule has 0 N–H and O–H groups in total. The standard InChI is InChI=1S/C29H26N4O6S/c1-5-38-28(35)25-17(2)30-29-32(26(25)19-8-10-20(11-9-19)31(3)4)27(34)24(40-29)16-22-14-15-23(39-22)18-6-12-21(13-7-18)33(36)37/h6-16,26H,5H2,1-4H3/b24-16-/t26-/m0/s1. The smallest absolute Gasteiger partial charge is 0.338 e. The monoisotopic (exact) mass is 558 g/mol. The molecule has 0 radical (unpaired) electrons. The molecule has 204 valence electrons. The molecule has 1 atom stereocenters. The van der Waals surface area contributed by atoms with Gasteiger partial charge in [0.15, 0.2) is 4.80 Å². The number of carbonyl (C=O) groups excluding carboxylic acids is 1. The molecule has 40 heavy (non-hydrogen) atoms. The molecule has 0 aliphatic carbocycles. The first kappa shape index (κ1) is 26.8. The van der Waals surface area contributed by atoms with Gasteiger partial charge in [-0.1, -0.05) is 23.5 Å². The average molecular weight is 559 g/mol. The van der Waals surface area contributed by atoms with Gasteiger partial charge >= 0.3 is 5.97 Å². The van der Waals surface area contributed by atoms with E-state index in [0.29, 0.717) is 37.7 Å². The number of hydrogen-bond donors (Lipinski definition) is 0. The van der Waals surface area contributed by atoms with Crippen LogP contribution in [0.5, 0.6) is 0 Å². The lowest BCUT2D eigenvalue weighted by Gasteiger charge is -2.25. The van der Waals surface area contributed by atoms with Crippen LogP contribution in [0.1, 0.15) is 31.2 Å². The van der Waals surface area contributed by atoms with Crippen molar-refractivity contribution in [3.63, 3.8) is 0 Å². The van der Waals surface area contributed by atoms with Crippen molar-refractivity contribution in [2.24, 2.45) is 4.99 Å². The van der Waals surface area contributed by atoms with E-state index in [1.54, 1.807) is 44.2 Å². The van der Waals surface area contributed by atoms with Crippen LogP contribution in [0.2, 0.25) is 0 Å². The van der Waals surface area contributed by atoms with E-state index in [9.17, 15) is 19.7 Å². The summed E-state index contributed by atoms with van der Waals surface area (Å²) in [6.07, 6.45) is 1.63. The van der Waals surface area contributed by atoms with Crippen molar-refractivity contribution in [1.82, 2.24) is 4.57 Å². The molecule has 0 unspecified atom stereocenters. The molecule has 0 saturated carbocycles. The number of allylic oxidation sites excluding steroid dienone is 1. The number of esters is 1. The summed E-state index contributed by atoms with van der Waals surface area (Å²) in [5.74, 6) is 0.429. The van der Waals surface area contributed by atoms with Crippen LogP contribution in [-0.2, 0) is 9.53 Å².